The molecule has 1 rings (SSSR count). The average molecular weight is 312 g/mol. The Hall–Kier alpha value is -1.55. The number of sulfonamides is 1. The zero-order chi connectivity index (χ0) is 15.4. The van der Waals surface area contributed by atoms with Gasteiger partial charge in [-0.15, -0.1) is 0 Å². The van der Waals surface area contributed by atoms with Crippen molar-refractivity contribution in [1.29, 1.82) is 0 Å². The summed E-state index contributed by atoms with van der Waals surface area (Å²) in [5.41, 5.74) is 4.40. The second-order valence-electron chi connectivity index (χ2n) is 3.90. The average Bonchev–Trinajstić information content (AvgIpc) is 2.29. The monoisotopic (exact) mass is 312 g/mol. The van der Waals surface area contributed by atoms with E-state index in [1.54, 1.807) is 6.92 Å². The van der Waals surface area contributed by atoms with E-state index in [1.807, 2.05) is 0 Å². The van der Waals surface area contributed by atoms with Gasteiger partial charge in [0.2, 0.25) is 10.0 Å². The number of pyridine rings is 1. The molecule has 0 aliphatic rings. The molecule has 0 saturated heterocycles. The van der Waals surface area contributed by atoms with E-state index in [1.165, 1.54) is 0 Å². The fraction of sp³-hybridized carbons (Fsp3) is 0.500. The minimum atomic E-state index is -4.58. The molecule has 1 aromatic heterocycles. The van der Waals surface area contributed by atoms with E-state index >= 15 is 0 Å². The molecular weight excluding hydrogens is 297 g/mol. The number of nitrogens with one attached hydrogen (secondary N) is 2. The van der Waals surface area contributed by atoms with E-state index in [0.717, 1.165) is 12.3 Å². The van der Waals surface area contributed by atoms with Crippen LogP contribution >= 0.6 is 0 Å². The maximum atomic E-state index is 12.5. The second kappa shape index (κ2) is 6.27. The van der Waals surface area contributed by atoms with Gasteiger partial charge in [0.25, 0.3) is 0 Å². The third-order valence-electron chi connectivity index (χ3n) is 2.28. The van der Waals surface area contributed by atoms with Crippen LogP contribution in [0, 0.1) is 0 Å². The summed E-state index contributed by atoms with van der Waals surface area (Å²) in [4.78, 5) is 3.18. The fourth-order valence-electron chi connectivity index (χ4n) is 1.39. The topological polar surface area (TPSA) is 97.1 Å². The van der Waals surface area contributed by atoms with Crippen LogP contribution in [0.3, 0.4) is 0 Å². The highest BCUT2D eigenvalue weighted by Gasteiger charge is 2.32. The van der Waals surface area contributed by atoms with Gasteiger partial charge in [0.1, 0.15) is 5.69 Å². The summed E-state index contributed by atoms with van der Waals surface area (Å²) in [6.07, 6.45) is -3.70. The SMILES string of the molecule is CCNS(=O)(=O)CCNc1cc(C(F)(F)F)ncc1N. The van der Waals surface area contributed by atoms with Gasteiger partial charge in [-0.2, -0.15) is 13.2 Å². The van der Waals surface area contributed by atoms with E-state index < -0.39 is 21.9 Å². The maximum absolute atomic E-state index is 12.5. The van der Waals surface area contributed by atoms with Gasteiger partial charge < -0.3 is 11.1 Å². The summed E-state index contributed by atoms with van der Waals surface area (Å²) >= 11 is 0. The number of alkyl halides is 3. The molecule has 0 spiro atoms. The van der Waals surface area contributed by atoms with Gasteiger partial charge in [0.05, 0.1) is 23.3 Å². The summed E-state index contributed by atoms with van der Waals surface area (Å²) in [5.74, 6) is -0.274. The van der Waals surface area contributed by atoms with Crippen LogP contribution < -0.4 is 15.8 Å². The number of nitrogen functional groups attached to an aromatic ring is 1. The standard InChI is InChI=1S/C10H15F3N4O2S/c1-2-17-20(18,19)4-3-15-8-5-9(10(11,12)13)16-6-7(8)14/h5-6,17H,2-4,14H2,1H3,(H,15,16). The van der Waals surface area contributed by atoms with Crippen molar-refractivity contribution < 1.29 is 21.6 Å². The highest BCUT2D eigenvalue weighted by Crippen LogP contribution is 2.30. The highest BCUT2D eigenvalue weighted by atomic mass is 32.2. The van der Waals surface area contributed by atoms with E-state index in [9.17, 15) is 21.6 Å². The Kier molecular flexibility index (Phi) is 5.17. The summed E-state index contributed by atoms with van der Waals surface area (Å²) in [7, 11) is -3.44. The van der Waals surface area contributed by atoms with Crippen molar-refractivity contribution in [3.8, 4) is 0 Å². The quantitative estimate of drug-likeness (QED) is 0.729. The minimum Gasteiger partial charge on any atom is -0.396 e. The molecule has 0 fully saturated rings. The van der Waals surface area contributed by atoms with Crippen molar-refractivity contribution in [2.24, 2.45) is 0 Å². The molecule has 0 aliphatic heterocycles. The number of rotatable bonds is 6. The molecule has 0 aliphatic carbocycles. The maximum Gasteiger partial charge on any atom is 0.433 e. The molecule has 4 N–H and O–H groups in total. The molecule has 0 amide bonds. The lowest BCUT2D eigenvalue weighted by molar-refractivity contribution is -0.141. The molecule has 0 atom stereocenters. The third-order valence-corrected chi connectivity index (χ3v) is 3.75. The Labute approximate surface area is 114 Å². The van der Waals surface area contributed by atoms with Crippen LogP contribution in [0.4, 0.5) is 24.5 Å². The first-order valence-electron chi connectivity index (χ1n) is 5.69. The van der Waals surface area contributed by atoms with Crippen molar-refractivity contribution in [2.45, 2.75) is 13.1 Å². The Balaban J connectivity index is 2.73. The molecule has 20 heavy (non-hydrogen) atoms. The first-order valence-corrected chi connectivity index (χ1v) is 7.35. The number of hydrogen-bond acceptors (Lipinski definition) is 5. The Morgan fingerprint density at radius 2 is 2.05 bits per heavy atom. The molecule has 0 unspecified atom stereocenters. The first-order chi connectivity index (χ1) is 9.15. The predicted octanol–water partition coefficient (Wildman–Crippen LogP) is 1.03. The highest BCUT2D eigenvalue weighted by molar-refractivity contribution is 7.89. The van der Waals surface area contributed by atoms with Gasteiger partial charge >= 0.3 is 6.18 Å². The van der Waals surface area contributed by atoms with Gasteiger partial charge in [-0.05, 0) is 6.07 Å². The fourth-order valence-corrected chi connectivity index (χ4v) is 2.34. The van der Waals surface area contributed by atoms with Crippen molar-refractivity contribution >= 4 is 21.4 Å². The lowest BCUT2D eigenvalue weighted by atomic mass is 10.2. The van der Waals surface area contributed by atoms with Crippen LogP contribution in [-0.4, -0.2) is 32.2 Å². The van der Waals surface area contributed by atoms with Crippen molar-refractivity contribution in [2.75, 3.05) is 29.9 Å². The van der Waals surface area contributed by atoms with Crippen LogP contribution in [0.15, 0.2) is 12.3 Å². The van der Waals surface area contributed by atoms with Crippen LogP contribution in [0.2, 0.25) is 0 Å². The Bertz CT molecular complexity index is 560. The van der Waals surface area contributed by atoms with Crippen LogP contribution in [0.1, 0.15) is 12.6 Å². The molecular formula is C10H15F3N4O2S. The molecule has 0 aromatic carbocycles. The van der Waals surface area contributed by atoms with Gasteiger partial charge in [-0.25, -0.2) is 18.1 Å². The van der Waals surface area contributed by atoms with Crippen molar-refractivity contribution in [3.63, 3.8) is 0 Å². The van der Waals surface area contributed by atoms with Crippen LogP contribution in [0.5, 0.6) is 0 Å². The minimum absolute atomic E-state index is 0.000904. The summed E-state index contributed by atoms with van der Waals surface area (Å²) in [5, 5.41) is 2.56. The predicted molar refractivity (Wildman–Crippen MR) is 69.6 cm³/mol. The van der Waals surface area contributed by atoms with Crippen LogP contribution in [-0.2, 0) is 16.2 Å². The molecule has 0 radical (unpaired) electrons. The van der Waals surface area contributed by atoms with E-state index in [4.69, 9.17) is 5.73 Å². The summed E-state index contributed by atoms with van der Waals surface area (Å²) in [6.45, 7) is 1.81. The molecule has 10 heteroatoms. The number of aromatic nitrogens is 1. The first kappa shape index (κ1) is 16.5. The van der Waals surface area contributed by atoms with E-state index in [0.29, 0.717) is 0 Å². The third kappa shape index (κ3) is 4.85. The molecule has 1 aromatic rings. The summed E-state index contributed by atoms with van der Waals surface area (Å²) < 4.78 is 62.4. The summed E-state index contributed by atoms with van der Waals surface area (Å²) in [6, 6.07) is 0.745. The van der Waals surface area contributed by atoms with Crippen molar-refractivity contribution in [1.82, 2.24) is 9.71 Å². The number of halogens is 3. The number of anilines is 2. The van der Waals surface area contributed by atoms with Gasteiger partial charge in [0.15, 0.2) is 0 Å². The molecule has 0 saturated carbocycles. The van der Waals surface area contributed by atoms with E-state index in [-0.39, 0.29) is 30.2 Å². The van der Waals surface area contributed by atoms with Crippen molar-refractivity contribution in [3.05, 3.63) is 18.0 Å². The molecule has 114 valence electrons. The molecule has 0 bridgehead atoms. The zero-order valence-corrected chi connectivity index (χ0v) is 11.5. The largest absolute Gasteiger partial charge is 0.433 e. The number of hydrogen-bond donors (Lipinski definition) is 3. The lowest BCUT2D eigenvalue weighted by Gasteiger charge is -2.12. The lowest BCUT2D eigenvalue weighted by Crippen LogP contribution is -2.29. The van der Waals surface area contributed by atoms with Crippen LogP contribution in [0.25, 0.3) is 0 Å². The zero-order valence-electron chi connectivity index (χ0n) is 10.7. The Morgan fingerprint density at radius 3 is 2.60 bits per heavy atom. The number of nitrogens with zero attached hydrogens (tertiary/aromatic N) is 1. The molecule has 6 nitrogen and oxygen atoms in total. The number of nitrogens with two attached hydrogens (primary N) is 1. The van der Waals surface area contributed by atoms with Gasteiger partial charge in [-0.1, -0.05) is 6.92 Å². The van der Waals surface area contributed by atoms with E-state index in [2.05, 4.69) is 15.0 Å². The molecule has 1 heterocycles. The normalized spacial score (nSPS) is 12.4. The van der Waals surface area contributed by atoms with Gasteiger partial charge in [0, 0.05) is 13.1 Å². The smallest absolute Gasteiger partial charge is 0.396 e. The van der Waals surface area contributed by atoms with Gasteiger partial charge in [-0.3, -0.25) is 0 Å². The Morgan fingerprint density at radius 1 is 1.40 bits per heavy atom. The second-order valence-corrected chi connectivity index (χ2v) is 5.82.